The number of benzene rings is 1. The first-order valence-corrected chi connectivity index (χ1v) is 8.70. The Morgan fingerprint density at radius 2 is 2.03 bits per heavy atom. The summed E-state index contributed by atoms with van der Waals surface area (Å²) in [5.74, 6) is 0.983. The Morgan fingerprint density at radius 3 is 2.63 bits per heavy atom. The smallest absolute Gasteiger partial charge is 0.290 e. The number of morpholine rings is 1. The van der Waals surface area contributed by atoms with Crippen molar-refractivity contribution in [1.29, 1.82) is 0 Å². The lowest BCUT2D eigenvalue weighted by atomic mass is 9.98. The molecule has 1 fully saturated rings. The summed E-state index contributed by atoms with van der Waals surface area (Å²) in [4.78, 5) is 32.8. The molecule has 2 aromatic rings. The van der Waals surface area contributed by atoms with Gasteiger partial charge in [-0.25, -0.2) is 0 Å². The molecular formula is C18H22N4O8. The first-order chi connectivity index (χ1) is 14.4. The van der Waals surface area contributed by atoms with E-state index in [1.165, 1.54) is 14.2 Å². The van der Waals surface area contributed by atoms with E-state index in [1.807, 2.05) is 0 Å². The first-order valence-electron chi connectivity index (χ1n) is 8.70. The molecule has 3 rings (SSSR count). The molecule has 12 heteroatoms. The highest BCUT2D eigenvalue weighted by molar-refractivity contribution is 5.86. The summed E-state index contributed by atoms with van der Waals surface area (Å²) in [6.07, 6.45) is -0.926. The summed E-state index contributed by atoms with van der Waals surface area (Å²) in [6, 6.07) is 4.45. The van der Waals surface area contributed by atoms with Crippen LogP contribution < -0.4 is 20.1 Å². The van der Waals surface area contributed by atoms with Gasteiger partial charge in [0.05, 0.1) is 26.8 Å². The van der Waals surface area contributed by atoms with Gasteiger partial charge in [0.2, 0.25) is 17.7 Å². The monoisotopic (exact) mass is 422 g/mol. The summed E-state index contributed by atoms with van der Waals surface area (Å²) < 4.78 is 21.2. The van der Waals surface area contributed by atoms with Gasteiger partial charge in [-0.15, -0.1) is 10.2 Å². The lowest BCUT2D eigenvalue weighted by Crippen LogP contribution is -2.52. The molecule has 12 nitrogen and oxygen atoms in total. The van der Waals surface area contributed by atoms with E-state index in [9.17, 15) is 9.59 Å². The third-order valence-electron chi connectivity index (χ3n) is 4.02. The van der Waals surface area contributed by atoms with Crippen LogP contribution in [-0.2, 0) is 25.7 Å². The van der Waals surface area contributed by atoms with Crippen LogP contribution in [0.15, 0.2) is 22.6 Å². The number of aryl methyl sites for hydroxylation is 1. The van der Waals surface area contributed by atoms with E-state index in [2.05, 4.69) is 20.8 Å². The fourth-order valence-electron chi connectivity index (χ4n) is 2.76. The van der Waals surface area contributed by atoms with Crippen molar-refractivity contribution in [3.05, 3.63) is 35.5 Å². The maximum absolute atomic E-state index is 12.6. The Bertz CT molecular complexity index is 885. The van der Waals surface area contributed by atoms with Crippen molar-refractivity contribution in [3.8, 4) is 11.5 Å². The van der Waals surface area contributed by atoms with E-state index in [0.29, 0.717) is 23.0 Å². The number of carbonyl (C=O) groups excluding carboxylic acids is 2. The lowest BCUT2D eigenvalue weighted by Gasteiger charge is -2.31. The summed E-state index contributed by atoms with van der Waals surface area (Å²) in [6.45, 7) is 1.26. The van der Waals surface area contributed by atoms with Crippen LogP contribution in [0.4, 0.5) is 0 Å². The summed E-state index contributed by atoms with van der Waals surface area (Å²) in [7, 11) is 3.03. The maximum Gasteiger partial charge on any atom is 0.290 e. The number of amides is 2. The Kier molecular flexibility index (Phi) is 8.11. The zero-order valence-corrected chi connectivity index (χ0v) is 16.6. The molecule has 30 heavy (non-hydrogen) atoms. The van der Waals surface area contributed by atoms with E-state index in [0.717, 1.165) is 0 Å². The molecule has 1 aromatic heterocycles. The van der Waals surface area contributed by atoms with Crippen LogP contribution in [0.2, 0.25) is 0 Å². The molecule has 162 valence electrons. The Hall–Kier alpha value is -3.67. The number of methoxy groups -OCH3 is 2. The van der Waals surface area contributed by atoms with E-state index in [-0.39, 0.29) is 31.4 Å². The standard InChI is InChI=1S/C17H20N4O6.CH2O2/c1-9-20-21-14(27-9)7-18-17(23)16-15(19-13(22)8-26-16)10-4-5-11(24-2)12(6-10)25-3;2-1-3/h4-6,15-16H,7-8H2,1-3H3,(H,18,23)(H,19,22);1H,(H,2,3)/t15-,16+;/m1./s1. The normalized spacial score (nSPS) is 17.8. The van der Waals surface area contributed by atoms with Gasteiger partial charge in [-0.1, -0.05) is 6.07 Å². The largest absolute Gasteiger partial charge is 0.493 e. The van der Waals surface area contributed by atoms with Crippen molar-refractivity contribution >= 4 is 18.3 Å². The first kappa shape index (κ1) is 22.6. The highest BCUT2D eigenvalue weighted by atomic mass is 16.5. The minimum atomic E-state index is -0.926. The molecule has 1 aliphatic heterocycles. The fourth-order valence-corrected chi connectivity index (χ4v) is 2.76. The molecule has 0 saturated carbocycles. The van der Waals surface area contributed by atoms with Crippen molar-refractivity contribution in [2.45, 2.75) is 25.6 Å². The van der Waals surface area contributed by atoms with Crippen molar-refractivity contribution in [2.75, 3.05) is 20.8 Å². The number of nitrogens with one attached hydrogen (secondary N) is 2. The van der Waals surface area contributed by atoms with Crippen LogP contribution >= 0.6 is 0 Å². The quantitative estimate of drug-likeness (QED) is 0.539. The third-order valence-corrected chi connectivity index (χ3v) is 4.02. The average molecular weight is 422 g/mol. The van der Waals surface area contributed by atoms with Crippen LogP contribution in [0.3, 0.4) is 0 Å². The molecule has 2 heterocycles. The van der Waals surface area contributed by atoms with Gasteiger partial charge in [0.15, 0.2) is 17.6 Å². The SMILES string of the molecule is COc1ccc([C@H]2NC(=O)CO[C@@H]2C(=O)NCc2nnc(C)o2)cc1OC.O=CO. The Balaban J connectivity index is 0.00000101. The molecule has 1 saturated heterocycles. The van der Waals surface area contributed by atoms with Gasteiger partial charge in [0, 0.05) is 6.92 Å². The second-order valence-electron chi connectivity index (χ2n) is 5.93. The van der Waals surface area contributed by atoms with Gasteiger partial charge in [0.25, 0.3) is 12.4 Å². The topological polar surface area (TPSA) is 162 Å². The van der Waals surface area contributed by atoms with Gasteiger partial charge in [-0.3, -0.25) is 14.4 Å². The highest BCUT2D eigenvalue weighted by Gasteiger charge is 2.36. The molecule has 0 aliphatic carbocycles. The number of carbonyl (C=O) groups is 3. The van der Waals surface area contributed by atoms with Crippen molar-refractivity contribution in [1.82, 2.24) is 20.8 Å². The molecule has 0 spiro atoms. The minimum Gasteiger partial charge on any atom is -0.493 e. The van der Waals surface area contributed by atoms with Crippen LogP contribution in [-0.4, -0.2) is 60.5 Å². The number of hydrogen-bond acceptors (Lipinski definition) is 9. The van der Waals surface area contributed by atoms with Gasteiger partial charge >= 0.3 is 0 Å². The number of hydrogen-bond donors (Lipinski definition) is 3. The average Bonchev–Trinajstić information content (AvgIpc) is 3.17. The third kappa shape index (κ3) is 5.67. The van der Waals surface area contributed by atoms with Crippen LogP contribution in [0.5, 0.6) is 11.5 Å². The molecule has 2 amide bonds. The van der Waals surface area contributed by atoms with E-state index in [1.54, 1.807) is 25.1 Å². The van der Waals surface area contributed by atoms with Crippen LogP contribution in [0, 0.1) is 6.92 Å². The van der Waals surface area contributed by atoms with Crippen molar-refractivity contribution in [3.63, 3.8) is 0 Å². The van der Waals surface area contributed by atoms with E-state index in [4.69, 9.17) is 28.5 Å². The van der Waals surface area contributed by atoms with E-state index < -0.39 is 18.1 Å². The number of rotatable bonds is 6. The van der Waals surface area contributed by atoms with Crippen LogP contribution in [0.1, 0.15) is 23.4 Å². The zero-order valence-electron chi connectivity index (χ0n) is 16.6. The molecule has 1 aromatic carbocycles. The number of ether oxygens (including phenoxy) is 3. The second-order valence-corrected chi connectivity index (χ2v) is 5.93. The molecule has 2 atom stereocenters. The highest BCUT2D eigenvalue weighted by Crippen LogP contribution is 2.32. The van der Waals surface area contributed by atoms with Gasteiger partial charge in [-0.2, -0.15) is 0 Å². The lowest BCUT2D eigenvalue weighted by molar-refractivity contribution is -0.148. The summed E-state index contributed by atoms with van der Waals surface area (Å²) in [5.41, 5.74) is 0.648. The second kappa shape index (κ2) is 10.8. The number of aromatic nitrogens is 2. The summed E-state index contributed by atoms with van der Waals surface area (Å²) in [5, 5.41) is 19.9. The van der Waals surface area contributed by atoms with Crippen molar-refractivity contribution in [2.24, 2.45) is 0 Å². The molecule has 0 bridgehead atoms. The molecule has 0 unspecified atom stereocenters. The van der Waals surface area contributed by atoms with Gasteiger partial charge in [0.1, 0.15) is 6.61 Å². The summed E-state index contributed by atoms with van der Waals surface area (Å²) >= 11 is 0. The van der Waals surface area contributed by atoms with Gasteiger partial charge in [-0.05, 0) is 17.7 Å². The molecule has 3 N–H and O–H groups in total. The maximum atomic E-state index is 12.6. The Morgan fingerprint density at radius 1 is 1.33 bits per heavy atom. The minimum absolute atomic E-state index is 0.0616. The van der Waals surface area contributed by atoms with Crippen molar-refractivity contribution < 1.29 is 38.1 Å². The number of nitrogens with zero attached hydrogens (tertiary/aromatic N) is 2. The predicted molar refractivity (Wildman–Crippen MR) is 99.7 cm³/mol. The molecule has 1 aliphatic rings. The Labute approximate surface area is 171 Å². The zero-order chi connectivity index (χ0) is 22.1. The molecular weight excluding hydrogens is 400 g/mol. The molecule has 0 radical (unpaired) electrons. The van der Waals surface area contributed by atoms with Gasteiger partial charge < -0.3 is 34.4 Å². The number of carboxylic acid groups (broad SMARTS) is 1. The fraction of sp³-hybridized carbons (Fsp3) is 0.389. The predicted octanol–water partition coefficient (Wildman–Crippen LogP) is -0.0315. The van der Waals surface area contributed by atoms with E-state index >= 15 is 0 Å². The van der Waals surface area contributed by atoms with Crippen LogP contribution in [0.25, 0.3) is 0 Å².